The van der Waals surface area contributed by atoms with Gasteiger partial charge in [-0.05, 0) is 69.7 Å². The topological polar surface area (TPSA) is 103 Å². The van der Waals surface area contributed by atoms with Crippen LogP contribution in [0.5, 0.6) is 0 Å². The standard InChI is InChI=1S/C36H40N6O3/c1-5-41(6-2)26-16-18-30-32(21-26)45-33-22-27(42(7-3)8-4)17-19-31(33)35(30)28-14-9-10-15-29(28)36(44)40-39-34(43)24-37-23-25-13-11-12-20-38-25/h9-22,37,44H,5-8,23-24H2,1-4H3/p+1. The van der Waals surface area contributed by atoms with Gasteiger partial charge in [-0.2, -0.15) is 0 Å². The third kappa shape index (κ3) is 7.05. The molecular weight excluding hydrogens is 564 g/mol. The fraction of sp³-hybridized carbons (Fsp3) is 0.278. The van der Waals surface area contributed by atoms with E-state index >= 15 is 0 Å². The number of aromatic nitrogens is 1. The van der Waals surface area contributed by atoms with Crippen LogP contribution >= 0.6 is 0 Å². The van der Waals surface area contributed by atoms with E-state index in [0.29, 0.717) is 12.1 Å². The minimum absolute atomic E-state index is 0.0255. The van der Waals surface area contributed by atoms with Crippen LogP contribution in [0.25, 0.3) is 33.4 Å². The molecule has 2 aliphatic rings. The molecule has 2 heterocycles. The molecule has 9 nitrogen and oxygen atoms in total. The number of nitrogens with one attached hydrogen (secondary N) is 3. The zero-order chi connectivity index (χ0) is 31.8. The number of amides is 2. The number of anilines is 1. The molecule has 0 fully saturated rings. The Labute approximate surface area is 263 Å². The Morgan fingerprint density at radius 1 is 0.844 bits per heavy atom. The molecule has 0 bridgehead atoms. The van der Waals surface area contributed by atoms with Gasteiger partial charge in [-0.1, -0.05) is 24.3 Å². The molecular formula is C36H41N6O3+. The van der Waals surface area contributed by atoms with E-state index in [1.165, 1.54) is 0 Å². The third-order valence-electron chi connectivity index (χ3n) is 8.02. The first-order valence-corrected chi connectivity index (χ1v) is 15.6. The highest BCUT2D eigenvalue weighted by Gasteiger charge is 2.23. The maximum atomic E-state index is 13.6. The average molecular weight is 606 g/mol. The zero-order valence-electron chi connectivity index (χ0n) is 26.4. The van der Waals surface area contributed by atoms with Gasteiger partial charge in [0.15, 0.2) is 0 Å². The lowest BCUT2D eigenvalue weighted by molar-refractivity contribution is -0.121. The molecule has 5 rings (SSSR count). The summed E-state index contributed by atoms with van der Waals surface area (Å²) in [6.07, 6.45) is 1.70. The molecule has 2 amide bonds. The number of carbonyl (C=O) groups excluding carboxylic acids is 2. The fourth-order valence-electron chi connectivity index (χ4n) is 5.67. The van der Waals surface area contributed by atoms with E-state index in [0.717, 1.165) is 76.3 Å². The zero-order valence-corrected chi connectivity index (χ0v) is 26.4. The molecule has 3 aromatic rings. The number of hydrogen-bond donors (Lipinski definition) is 3. The first kappa shape index (κ1) is 31.4. The van der Waals surface area contributed by atoms with Crippen LogP contribution in [0, 0.1) is 0 Å². The van der Waals surface area contributed by atoms with Gasteiger partial charge in [0, 0.05) is 65.7 Å². The van der Waals surface area contributed by atoms with Gasteiger partial charge in [0.05, 0.1) is 18.3 Å². The second-order valence-electron chi connectivity index (χ2n) is 10.7. The van der Waals surface area contributed by atoms with Crippen molar-refractivity contribution in [1.82, 2.24) is 25.7 Å². The third-order valence-corrected chi connectivity index (χ3v) is 8.02. The number of fused-ring (bicyclic) bond motifs is 2. The number of carbonyl (C=O) groups is 2. The summed E-state index contributed by atoms with van der Waals surface area (Å²) in [6.45, 7) is 12.5. The first-order chi connectivity index (χ1) is 22.0. The van der Waals surface area contributed by atoms with Crippen LogP contribution < -0.4 is 31.0 Å². The highest BCUT2D eigenvalue weighted by atomic mass is 16.3. The van der Waals surface area contributed by atoms with Crippen LogP contribution in [0.2, 0.25) is 0 Å². The maximum absolute atomic E-state index is 13.6. The molecule has 3 N–H and O–H groups in total. The van der Waals surface area contributed by atoms with Crippen molar-refractivity contribution in [3.8, 4) is 22.5 Å². The number of nitrogens with zero attached hydrogens (tertiary/aromatic N) is 3. The predicted octanol–water partition coefficient (Wildman–Crippen LogP) is 4.81. The summed E-state index contributed by atoms with van der Waals surface area (Å²) in [6, 6.07) is 25.6. The molecule has 45 heavy (non-hydrogen) atoms. The molecule has 0 spiro atoms. The van der Waals surface area contributed by atoms with E-state index in [1.807, 2.05) is 36.4 Å². The summed E-state index contributed by atoms with van der Waals surface area (Å²) in [4.78, 5) is 32.6. The van der Waals surface area contributed by atoms with Gasteiger partial charge in [-0.25, -0.2) is 4.58 Å². The van der Waals surface area contributed by atoms with E-state index < -0.39 is 5.91 Å². The van der Waals surface area contributed by atoms with Crippen LogP contribution in [-0.4, -0.2) is 49.5 Å². The number of hydrazine groups is 1. The van der Waals surface area contributed by atoms with Crippen LogP contribution in [0.3, 0.4) is 0 Å². The van der Waals surface area contributed by atoms with Gasteiger partial charge in [-0.15, -0.1) is 0 Å². The molecule has 1 aromatic heterocycles. The highest BCUT2D eigenvalue weighted by Crippen LogP contribution is 2.42. The Balaban J connectivity index is 1.52. The number of benzene rings is 3. The Morgan fingerprint density at radius 3 is 2.36 bits per heavy atom. The molecule has 1 aliphatic heterocycles. The predicted molar refractivity (Wildman–Crippen MR) is 180 cm³/mol. The summed E-state index contributed by atoms with van der Waals surface area (Å²) in [7, 11) is 0. The highest BCUT2D eigenvalue weighted by molar-refractivity contribution is 6.09. The van der Waals surface area contributed by atoms with Crippen molar-refractivity contribution in [2.75, 3.05) is 37.6 Å². The molecule has 0 radical (unpaired) electrons. The molecule has 232 valence electrons. The maximum Gasteiger partial charge on any atom is 0.270 e. The van der Waals surface area contributed by atoms with Crippen LogP contribution in [0.1, 0.15) is 43.7 Å². The van der Waals surface area contributed by atoms with Gasteiger partial charge >= 0.3 is 0 Å². The number of hydrogen-bond acceptors (Lipinski definition) is 6. The van der Waals surface area contributed by atoms with E-state index in [9.17, 15) is 9.59 Å². The van der Waals surface area contributed by atoms with Gasteiger partial charge in [-0.3, -0.25) is 25.4 Å². The van der Waals surface area contributed by atoms with Crippen molar-refractivity contribution >= 4 is 28.5 Å². The summed E-state index contributed by atoms with van der Waals surface area (Å²) in [5.74, 6) is -0.0366. The summed E-state index contributed by atoms with van der Waals surface area (Å²) >= 11 is 0. The van der Waals surface area contributed by atoms with E-state index in [2.05, 4.69) is 94.7 Å². The lowest BCUT2D eigenvalue weighted by Crippen LogP contribution is -2.45. The fourth-order valence-corrected chi connectivity index (χ4v) is 5.67. The molecule has 1 aliphatic carbocycles. The lowest BCUT2D eigenvalue weighted by Gasteiger charge is -2.22. The quantitative estimate of drug-likeness (QED) is 0.114. The minimum Gasteiger partial charge on any atom is -0.456 e. The summed E-state index contributed by atoms with van der Waals surface area (Å²) in [5, 5.41) is 5.02. The Hall–Kier alpha value is -5.02. The molecule has 2 aromatic carbocycles. The molecule has 0 saturated heterocycles. The van der Waals surface area contributed by atoms with E-state index in [-0.39, 0.29) is 12.5 Å². The molecule has 9 heteroatoms. The van der Waals surface area contributed by atoms with Crippen molar-refractivity contribution in [2.45, 2.75) is 34.2 Å². The van der Waals surface area contributed by atoms with Crippen molar-refractivity contribution in [1.29, 1.82) is 0 Å². The second kappa shape index (κ2) is 14.6. The Kier molecular flexibility index (Phi) is 10.2. The largest absolute Gasteiger partial charge is 0.456 e. The van der Waals surface area contributed by atoms with E-state index in [1.54, 1.807) is 12.3 Å². The molecule has 0 atom stereocenters. The van der Waals surface area contributed by atoms with Crippen molar-refractivity contribution in [3.63, 3.8) is 0 Å². The number of rotatable bonds is 11. The second-order valence-corrected chi connectivity index (χ2v) is 10.7. The van der Waals surface area contributed by atoms with Crippen LogP contribution in [0.4, 0.5) is 5.69 Å². The van der Waals surface area contributed by atoms with Crippen LogP contribution in [-0.2, 0) is 11.3 Å². The van der Waals surface area contributed by atoms with Gasteiger partial charge in [0.25, 0.3) is 11.8 Å². The SMILES string of the molecule is CCN(CC)c1ccc2c(-c3ccccc3C(=O)NNC(=O)CNCc3ccccn3)c3ccc(=[N+](CC)CC)cc-3oc2c1. The number of pyridine rings is 1. The van der Waals surface area contributed by atoms with Crippen molar-refractivity contribution < 1.29 is 14.0 Å². The summed E-state index contributed by atoms with van der Waals surface area (Å²) in [5.41, 5.74) is 10.8. The molecule has 0 saturated carbocycles. The molecule has 0 unspecified atom stereocenters. The van der Waals surface area contributed by atoms with Crippen LogP contribution in [0.15, 0.2) is 89.5 Å². The smallest absolute Gasteiger partial charge is 0.270 e. The van der Waals surface area contributed by atoms with Gasteiger partial charge in [0.2, 0.25) is 5.36 Å². The monoisotopic (exact) mass is 605 g/mol. The van der Waals surface area contributed by atoms with Gasteiger partial charge < -0.3 is 14.6 Å². The Morgan fingerprint density at radius 2 is 1.62 bits per heavy atom. The first-order valence-electron chi connectivity index (χ1n) is 15.6. The van der Waals surface area contributed by atoms with Crippen molar-refractivity contribution in [2.24, 2.45) is 0 Å². The normalized spacial score (nSPS) is 11.0. The van der Waals surface area contributed by atoms with Gasteiger partial charge in [0.1, 0.15) is 24.4 Å². The summed E-state index contributed by atoms with van der Waals surface area (Å²) < 4.78 is 8.87. The van der Waals surface area contributed by atoms with Crippen molar-refractivity contribution in [3.05, 3.63) is 102 Å². The lowest BCUT2D eigenvalue weighted by atomic mass is 9.90. The Bertz CT molecular complexity index is 1820. The average Bonchev–Trinajstić information content (AvgIpc) is 3.07. The van der Waals surface area contributed by atoms with E-state index in [4.69, 9.17) is 4.42 Å². The minimum atomic E-state index is -0.412.